The van der Waals surface area contributed by atoms with Crippen molar-refractivity contribution >= 4 is 17.5 Å². The van der Waals surface area contributed by atoms with Crippen LogP contribution in [0.15, 0.2) is 18.2 Å². The normalized spacial score (nSPS) is 18.1. The van der Waals surface area contributed by atoms with Crippen molar-refractivity contribution in [2.75, 3.05) is 25.0 Å². The predicted molar refractivity (Wildman–Crippen MR) is 87.9 cm³/mol. The van der Waals surface area contributed by atoms with Crippen molar-refractivity contribution in [3.8, 4) is 0 Å². The standard InChI is InChI=1S/C17H24FN3O2/c1-11(2)6-16-10-21(5-4-19-16)17(23)13-7-14(18)9-15(8-13)20-12(3)22/h7-9,11,16,19H,4-6,10H2,1-3H3,(H,20,22)/t16-/m0/s1. The number of anilines is 1. The van der Waals surface area contributed by atoms with Crippen LogP contribution in [-0.2, 0) is 4.79 Å². The molecule has 1 heterocycles. The number of nitrogens with one attached hydrogen (secondary N) is 2. The van der Waals surface area contributed by atoms with Crippen LogP contribution in [0.4, 0.5) is 10.1 Å². The van der Waals surface area contributed by atoms with Gasteiger partial charge in [0.15, 0.2) is 0 Å². The van der Waals surface area contributed by atoms with E-state index in [4.69, 9.17) is 0 Å². The van der Waals surface area contributed by atoms with Gasteiger partial charge >= 0.3 is 0 Å². The molecule has 2 N–H and O–H groups in total. The summed E-state index contributed by atoms with van der Waals surface area (Å²) in [5, 5.41) is 5.93. The molecule has 126 valence electrons. The Morgan fingerprint density at radius 3 is 2.78 bits per heavy atom. The van der Waals surface area contributed by atoms with Crippen LogP contribution in [0.5, 0.6) is 0 Å². The molecule has 1 aliphatic rings. The van der Waals surface area contributed by atoms with E-state index in [1.54, 1.807) is 4.90 Å². The van der Waals surface area contributed by atoms with Crippen LogP contribution in [0.1, 0.15) is 37.6 Å². The Labute approximate surface area is 136 Å². The summed E-state index contributed by atoms with van der Waals surface area (Å²) in [6.07, 6.45) is 0.990. The van der Waals surface area contributed by atoms with Crippen molar-refractivity contribution in [3.63, 3.8) is 0 Å². The lowest BCUT2D eigenvalue weighted by Gasteiger charge is -2.34. The minimum Gasteiger partial charge on any atom is -0.336 e. The number of benzene rings is 1. The largest absolute Gasteiger partial charge is 0.336 e. The number of nitrogens with zero attached hydrogens (tertiary/aromatic N) is 1. The van der Waals surface area contributed by atoms with Crippen molar-refractivity contribution in [3.05, 3.63) is 29.6 Å². The summed E-state index contributed by atoms with van der Waals surface area (Å²) in [6.45, 7) is 7.59. The molecule has 0 unspecified atom stereocenters. The number of carbonyl (C=O) groups excluding carboxylic acids is 2. The summed E-state index contributed by atoms with van der Waals surface area (Å²) in [5.41, 5.74) is 0.564. The van der Waals surface area contributed by atoms with Gasteiger partial charge in [-0.3, -0.25) is 9.59 Å². The van der Waals surface area contributed by atoms with Gasteiger partial charge in [-0.2, -0.15) is 0 Å². The third kappa shape index (κ3) is 5.03. The number of hydrogen-bond donors (Lipinski definition) is 2. The lowest BCUT2D eigenvalue weighted by atomic mass is 10.0. The van der Waals surface area contributed by atoms with Crippen LogP contribution >= 0.6 is 0 Å². The summed E-state index contributed by atoms with van der Waals surface area (Å²) in [5.74, 6) is -0.490. The molecule has 0 spiro atoms. The van der Waals surface area contributed by atoms with E-state index in [9.17, 15) is 14.0 Å². The van der Waals surface area contributed by atoms with Crippen molar-refractivity contribution in [1.29, 1.82) is 0 Å². The summed E-state index contributed by atoms with van der Waals surface area (Å²) in [4.78, 5) is 25.5. The van der Waals surface area contributed by atoms with Crippen molar-refractivity contribution < 1.29 is 14.0 Å². The molecular formula is C17H24FN3O2. The first kappa shape index (κ1) is 17.4. The van der Waals surface area contributed by atoms with E-state index in [1.165, 1.54) is 25.1 Å². The Hall–Kier alpha value is -1.95. The number of halogens is 1. The summed E-state index contributed by atoms with van der Waals surface area (Å²) >= 11 is 0. The molecule has 2 rings (SSSR count). The average Bonchev–Trinajstić information content (AvgIpc) is 2.44. The van der Waals surface area contributed by atoms with Crippen molar-refractivity contribution in [2.45, 2.75) is 33.2 Å². The molecule has 0 aromatic heterocycles. The van der Waals surface area contributed by atoms with Crippen molar-refractivity contribution in [1.82, 2.24) is 10.2 Å². The maximum Gasteiger partial charge on any atom is 0.254 e. The Bertz CT molecular complexity index is 589. The van der Waals surface area contributed by atoms with Gasteiger partial charge in [0.2, 0.25) is 5.91 Å². The second-order valence-corrected chi connectivity index (χ2v) is 6.44. The van der Waals surface area contributed by atoms with Gasteiger partial charge in [0.05, 0.1) is 0 Å². The summed E-state index contributed by atoms with van der Waals surface area (Å²) in [6, 6.07) is 4.20. The van der Waals surface area contributed by atoms with Crippen LogP contribution < -0.4 is 10.6 Å². The molecule has 2 amide bonds. The first-order valence-corrected chi connectivity index (χ1v) is 7.96. The van der Waals surface area contributed by atoms with Crippen LogP contribution in [-0.4, -0.2) is 42.4 Å². The SMILES string of the molecule is CC(=O)Nc1cc(F)cc(C(=O)N2CCN[C@@H](CC(C)C)C2)c1. The Morgan fingerprint density at radius 1 is 1.39 bits per heavy atom. The van der Waals surface area contributed by atoms with Gasteiger partial charge in [0, 0.05) is 43.9 Å². The summed E-state index contributed by atoms with van der Waals surface area (Å²) in [7, 11) is 0. The molecule has 0 bridgehead atoms. The molecule has 1 saturated heterocycles. The van der Waals surface area contributed by atoms with Crippen LogP contribution in [0.25, 0.3) is 0 Å². The fourth-order valence-electron chi connectivity index (χ4n) is 2.91. The highest BCUT2D eigenvalue weighted by Gasteiger charge is 2.25. The molecule has 6 heteroatoms. The van der Waals surface area contributed by atoms with Crippen LogP contribution in [0.3, 0.4) is 0 Å². The topological polar surface area (TPSA) is 61.4 Å². The zero-order valence-electron chi connectivity index (χ0n) is 13.9. The molecule has 1 fully saturated rings. The molecule has 1 atom stereocenters. The molecular weight excluding hydrogens is 297 g/mol. The molecule has 0 saturated carbocycles. The first-order valence-electron chi connectivity index (χ1n) is 7.96. The maximum atomic E-state index is 13.7. The molecule has 0 aliphatic carbocycles. The van der Waals surface area contributed by atoms with Gasteiger partial charge in [-0.05, 0) is 30.5 Å². The lowest BCUT2D eigenvalue weighted by Crippen LogP contribution is -2.53. The van der Waals surface area contributed by atoms with E-state index in [0.29, 0.717) is 24.7 Å². The highest BCUT2D eigenvalue weighted by Crippen LogP contribution is 2.18. The van der Waals surface area contributed by atoms with Gasteiger partial charge in [0.25, 0.3) is 5.91 Å². The second kappa shape index (κ2) is 7.55. The van der Waals surface area contributed by atoms with Gasteiger partial charge in [0.1, 0.15) is 5.82 Å². The number of piperazine rings is 1. The number of rotatable bonds is 4. The Kier molecular flexibility index (Phi) is 5.71. The lowest BCUT2D eigenvalue weighted by molar-refractivity contribution is -0.114. The smallest absolute Gasteiger partial charge is 0.254 e. The molecule has 0 radical (unpaired) electrons. The second-order valence-electron chi connectivity index (χ2n) is 6.44. The molecule has 5 nitrogen and oxygen atoms in total. The van der Waals surface area contributed by atoms with Crippen LogP contribution in [0, 0.1) is 11.7 Å². The minimum absolute atomic E-state index is 0.202. The van der Waals surface area contributed by atoms with Gasteiger partial charge in [-0.25, -0.2) is 4.39 Å². The molecule has 23 heavy (non-hydrogen) atoms. The summed E-state index contributed by atoms with van der Waals surface area (Å²) < 4.78 is 13.7. The average molecular weight is 321 g/mol. The van der Waals surface area contributed by atoms with Crippen LogP contribution in [0.2, 0.25) is 0 Å². The monoisotopic (exact) mass is 321 g/mol. The molecule has 1 aliphatic heterocycles. The number of amides is 2. The molecule has 1 aromatic carbocycles. The van der Waals surface area contributed by atoms with E-state index in [-0.39, 0.29) is 23.4 Å². The predicted octanol–water partition coefficient (Wildman–Crippen LogP) is 2.24. The third-order valence-electron chi connectivity index (χ3n) is 3.76. The van der Waals surface area contributed by atoms with E-state index >= 15 is 0 Å². The first-order chi connectivity index (χ1) is 10.8. The fourth-order valence-corrected chi connectivity index (χ4v) is 2.91. The van der Waals surface area contributed by atoms with E-state index in [2.05, 4.69) is 24.5 Å². The fraction of sp³-hybridized carbons (Fsp3) is 0.529. The van der Waals surface area contributed by atoms with Crippen molar-refractivity contribution in [2.24, 2.45) is 5.92 Å². The Balaban J connectivity index is 2.12. The minimum atomic E-state index is -0.534. The van der Waals surface area contributed by atoms with Gasteiger partial charge in [-0.1, -0.05) is 13.8 Å². The number of hydrogen-bond acceptors (Lipinski definition) is 3. The number of carbonyl (C=O) groups is 2. The van der Waals surface area contributed by atoms with Gasteiger partial charge in [-0.15, -0.1) is 0 Å². The van der Waals surface area contributed by atoms with E-state index in [1.807, 2.05) is 0 Å². The quantitative estimate of drug-likeness (QED) is 0.894. The highest BCUT2D eigenvalue weighted by atomic mass is 19.1. The third-order valence-corrected chi connectivity index (χ3v) is 3.76. The highest BCUT2D eigenvalue weighted by molar-refractivity contribution is 5.97. The Morgan fingerprint density at radius 2 is 2.13 bits per heavy atom. The van der Waals surface area contributed by atoms with E-state index < -0.39 is 5.82 Å². The van der Waals surface area contributed by atoms with E-state index in [0.717, 1.165) is 13.0 Å². The molecule has 1 aromatic rings. The zero-order chi connectivity index (χ0) is 17.0. The zero-order valence-corrected chi connectivity index (χ0v) is 13.9. The van der Waals surface area contributed by atoms with Gasteiger partial charge < -0.3 is 15.5 Å². The maximum absolute atomic E-state index is 13.7.